The predicted octanol–water partition coefficient (Wildman–Crippen LogP) is 3.42. The van der Waals surface area contributed by atoms with Gasteiger partial charge in [0.25, 0.3) is 11.5 Å². The molecular weight excluding hydrogens is 624 g/mol. The molecule has 0 spiro atoms. The fraction of sp³-hybridized carbons (Fsp3) is 0.303. The van der Waals surface area contributed by atoms with E-state index in [1.54, 1.807) is 65.6 Å². The molecule has 1 aliphatic heterocycles. The molecule has 242 valence electrons. The number of nitrogens with zero attached hydrogens (tertiary/aromatic N) is 8. The summed E-state index contributed by atoms with van der Waals surface area (Å²) in [6.45, 7) is 6.02. The summed E-state index contributed by atoms with van der Waals surface area (Å²) < 4.78 is 13.3. The highest BCUT2D eigenvalue weighted by atomic mass is 35.5. The van der Waals surface area contributed by atoms with Crippen LogP contribution in [0.3, 0.4) is 0 Å². The lowest BCUT2D eigenvalue weighted by Crippen LogP contribution is -2.50. The molecule has 0 N–H and O–H groups in total. The van der Waals surface area contributed by atoms with E-state index in [1.165, 1.54) is 15.7 Å². The van der Waals surface area contributed by atoms with Gasteiger partial charge in [-0.3, -0.25) is 23.9 Å². The summed E-state index contributed by atoms with van der Waals surface area (Å²) in [6, 6.07) is 19.0. The normalized spacial score (nSPS) is 13.7. The van der Waals surface area contributed by atoms with Crippen molar-refractivity contribution < 1.29 is 19.1 Å². The van der Waals surface area contributed by atoms with Gasteiger partial charge in [-0.2, -0.15) is 4.80 Å². The van der Waals surface area contributed by atoms with Crippen molar-refractivity contribution in [2.75, 3.05) is 32.8 Å². The van der Waals surface area contributed by atoms with Gasteiger partial charge in [-0.15, -0.1) is 10.2 Å². The second kappa shape index (κ2) is 14.1. The number of para-hydroxylation sites is 1. The van der Waals surface area contributed by atoms with Crippen LogP contribution in [0.15, 0.2) is 77.9 Å². The first-order valence-corrected chi connectivity index (χ1v) is 15.6. The van der Waals surface area contributed by atoms with Crippen LogP contribution in [0, 0.1) is 0 Å². The highest BCUT2D eigenvalue weighted by Gasteiger charge is 2.25. The molecule has 3 aromatic carbocycles. The summed E-state index contributed by atoms with van der Waals surface area (Å²) in [4.78, 5) is 50.3. The van der Waals surface area contributed by atoms with Crippen LogP contribution >= 0.6 is 11.6 Å². The Morgan fingerprint density at radius 1 is 0.979 bits per heavy atom. The lowest BCUT2D eigenvalue weighted by molar-refractivity contribution is -0.135. The fourth-order valence-corrected chi connectivity index (χ4v) is 5.48. The number of carbonyl (C=O) groups is 2. The van der Waals surface area contributed by atoms with Gasteiger partial charge < -0.3 is 14.4 Å². The van der Waals surface area contributed by atoms with Crippen molar-refractivity contribution >= 4 is 34.2 Å². The number of amides is 1. The summed E-state index contributed by atoms with van der Waals surface area (Å²) in [5, 5.41) is 12.4. The minimum atomic E-state index is -0.282. The number of fused-ring (bicyclic) bond motifs is 1. The van der Waals surface area contributed by atoms with E-state index in [2.05, 4.69) is 20.3 Å². The number of hydrogen-bond donors (Lipinski definition) is 0. The summed E-state index contributed by atoms with van der Waals surface area (Å²) in [6.07, 6.45) is 1.06. The number of halogens is 1. The second-order valence-corrected chi connectivity index (χ2v) is 11.8. The summed E-state index contributed by atoms with van der Waals surface area (Å²) in [7, 11) is 0. The van der Waals surface area contributed by atoms with Crippen molar-refractivity contribution in [3.63, 3.8) is 0 Å². The predicted molar refractivity (Wildman–Crippen MR) is 174 cm³/mol. The minimum Gasteiger partial charge on any atom is -0.489 e. The molecule has 13 nitrogen and oxygen atoms in total. The maximum Gasteiger partial charge on any atom is 0.266 e. The number of ketones is 1. The van der Waals surface area contributed by atoms with Gasteiger partial charge in [0.05, 0.1) is 29.2 Å². The van der Waals surface area contributed by atoms with Crippen LogP contribution in [-0.2, 0) is 17.9 Å². The Hall–Kier alpha value is -5.14. The Morgan fingerprint density at radius 2 is 1.74 bits per heavy atom. The highest BCUT2D eigenvalue weighted by molar-refractivity contribution is 6.30. The average molecular weight is 657 g/mol. The van der Waals surface area contributed by atoms with Crippen LogP contribution in [-0.4, -0.2) is 90.1 Å². The van der Waals surface area contributed by atoms with Gasteiger partial charge in [-0.05, 0) is 73.7 Å². The summed E-state index contributed by atoms with van der Waals surface area (Å²) >= 11 is 5.93. The molecule has 14 heteroatoms. The largest absolute Gasteiger partial charge is 0.489 e. The quantitative estimate of drug-likeness (QED) is 0.195. The minimum absolute atomic E-state index is 0.0753. The van der Waals surface area contributed by atoms with Gasteiger partial charge in [0.2, 0.25) is 0 Å². The van der Waals surface area contributed by atoms with Gasteiger partial charge in [0.15, 0.2) is 18.7 Å². The third-order valence-corrected chi connectivity index (χ3v) is 7.92. The van der Waals surface area contributed by atoms with E-state index in [-0.39, 0.29) is 36.5 Å². The maximum absolute atomic E-state index is 14.2. The molecule has 0 unspecified atom stereocenters. The Bertz CT molecular complexity index is 1940. The molecule has 1 fully saturated rings. The smallest absolute Gasteiger partial charge is 0.266 e. The first-order valence-electron chi connectivity index (χ1n) is 15.2. The van der Waals surface area contributed by atoms with Crippen molar-refractivity contribution in [1.29, 1.82) is 0 Å². The maximum atomic E-state index is 14.2. The molecule has 0 bridgehead atoms. The van der Waals surface area contributed by atoms with E-state index >= 15 is 0 Å². The zero-order chi connectivity index (χ0) is 32.9. The Kier molecular flexibility index (Phi) is 9.55. The highest BCUT2D eigenvalue weighted by Crippen LogP contribution is 2.27. The van der Waals surface area contributed by atoms with Crippen molar-refractivity contribution in [2.24, 2.45) is 0 Å². The number of rotatable bonds is 11. The van der Waals surface area contributed by atoms with E-state index in [1.807, 2.05) is 19.9 Å². The molecular formula is C33H33ClN8O5. The van der Waals surface area contributed by atoms with E-state index in [0.29, 0.717) is 77.2 Å². The van der Waals surface area contributed by atoms with Crippen molar-refractivity contribution in [2.45, 2.75) is 33.0 Å². The van der Waals surface area contributed by atoms with Crippen LogP contribution in [0.4, 0.5) is 0 Å². The first-order chi connectivity index (χ1) is 22.7. The monoisotopic (exact) mass is 656 g/mol. The van der Waals surface area contributed by atoms with Crippen LogP contribution in [0.25, 0.3) is 16.6 Å². The van der Waals surface area contributed by atoms with Crippen molar-refractivity contribution in [1.82, 2.24) is 39.6 Å². The molecule has 0 radical (unpaired) electrons. The van der Waals surface area contributed by atoms with Crippen LogP contribution in [0.2, 0.25) is 5.02 Å². The molecule has 3 heterocycles. The Balaban J connectivity index is 1.27. The van der Waals surface area contributed by atoms with Gasteiger partial charge in [0, 0.05) is 36.8 Å². The zero-order valence-electron chi connectivity index (χ0n) is 26.0. The number of benzene rings is 3. The average Bonchev–Trinajstić information content (AvgIpc) is 3.58. The summed E-state index contributed by atoms with van der Waals surface area (Å²) in [5.74, 6) is 1.12. The summed E-state index contributed by atoms with van der Waals surface area (Å²) in [5.41, 5.74) is 1.04. The van der Waals surface area contributed by atoms with Gasteiger partial charge in [-0.1, -0.05) is 23.7 Å². The van der Waals surface area contributed by atoms with Crippen molar-refractivity contribution in [3.05, 3.63) is 99.8 Å². The fourth-order valence-electron chi connectivity index (χ4n) is 5.36. The Morgan fingerprint density at radius 3 is 2.47 bits per heavy atom. The number of Topliss-reactive ketones (excluding diaryl/α,β-unsaturated/α-hetero) is 1. The number of ether oxygens (including phenoxy) is 2. The molecule has 0 saturated carbocycles. The number of hydrogen-bond acceptors (Lipinski definition) is 10. The number of aromatic nitrogens is 6. The molecule has 47 heavy (non-hydrogen) atoms. The number of piperazine rings is 1. The molecule has 5 aromatic rings. The molecule has 2 aromatic heterocycles. The molecule has 1 aliphatic rings. The third-order valence-electron chi connectivity index (χ3n) is 7.67. The topological polar surface area (TPSA) is 138 Å². The second-order valence-electron chi connectivity index (χ2n) is 11.3. The molecule has 6 rings (SSSR count). The van der Waals surface area contributed by atoms with Crippen LogP contribution in [0.1, 0.15) is 30.0 Å². The van der Waals surface area contributed by atoms with Crippen LogP contribution in [0.5, 0.6) is 11.5 Å². The van der Waals surface area contributed by atoms with Crippen molar-refractivity contribution in [3.8, 4) is 17.2 Å². The van der Waals surface area contributed by atoms with Gasteiger partial charge in [-0.25, -0.2) is 4.98 Å². The Labute approximate surface area is 275 Å². The lowest BCUT2D eigenvalue weighted by atomic mass is 10.1. The first kappa shape index (κ1) is 31.8. The van der Waals surface area contributed by atoms with Crippen LogP contribution < -0.4 is 15.0 Å². The van der Waals surface area contributed by atoms with Gasteiger partial charge >= 0.3 is 0 Å². The van der Waals surface area contributed by atoms with E-state index in [9.17, 15) is 14.4 Å². The van der Waals surface area contributed by atoms with E-state index < -0.39 is 0 Å². The van der Waals surface area contributed by atoms with Gasteiger partial charge in [0.1, 0.15) is 23.9 Å². The number of tetrazole rings is 1. The lowest BCUT2D eigenvalue weighted by Gasteiger charge is -2.34. The van der Waals surface area contributed by atoms with E-state index in [0.717, 1.165) is 0 Å². The molecule has 0 atom stereocenters. The molecule has 1 saturated heterocycles. The SMILES string of the molecule is CC(C)Oc1ccc(C(=O)Cn2ncnn2)cc1-n1c(CN2CCN(C(=O)COc3ccc(Cl)cc3)CC2)nc2ccccc2c1=O. The third kappa shape index (κ3) is 7.47. The standard InChI is InChI=1S/C33H33ClN8O5/c1-22(2)47-30-12-7-23(29(43)18-41-36-21-35-38-41)17-28(30)42-31(37-27-6-4-3-5-26(27)33(42)45)19-39-13-15-40(16-14-39)32(44)20-46-25-10-8-24(34)9-11-25/h3-12,17,21-22H,13-16,18-20H2,1-2H3. The zero-order valence-corrected chi connectivity index (χ0v) is 26.7. The number of carbonyl (C=O) groups excluding carboxylic acids is 2. The molecule has 0 aliphatic carbocycles. The van der Waals surface area contributed by atoms with E-state index in [4.69, 9.17) is 26.1 Å². The molecule has 1 amide bonds.